The van der Waals surface area contributed by atoms with Gasteiger partial charge in [-0.05, 0) is 36.1 Å². The van der Waals surface area contributed by atoms with Gasteiger partial charge in [-0.25, -0.2) is 18.4 Å². The van der Waals surface area contributed by atoms with Crippen LogP contribution in [-0.4, -0.2) is 46.8 Å². The lowest BCUT2D eigenvalue weighted by Crippen LogP contribution is -2.37. The fourth-order valence-electron chi connectivity index (χ4n) is 2.43. The van der Waals surface area contributed by atoms with Gasteiger partial charge in [-0.1, -0.05) is 6.07 Å². The molecular weight excluding hydrogens is 386 g/mol. The second-order valence-electron chi connectivity index (χ2n) is 5.84. The Morgan fingerprint density at radius 2 is 2.11 bits per heavy atom. The molecule has 0 saturated heterocycles. The number of nitrogens with one attached hydrogen (secondary N) is 1. The summed E-state index contributed by atoms with van der Waals surface area (Å²) >= 11 is 1.12. The van der Waals surface area contributed by atoms with E-state index in [1.165, 1.54) is 13.1 Å². The normalized spacial score (nSPS) is 11.7. The van der Waals surface area contributed by atoms with Crippen LogP contribution in [0.4, 0.5) is 0 Å². The van der Waals surface area contributed by atoms with Gasteiger partial charge in [0.25, 0.3) is 10.0 Å². The molecule has 27 heavy (non-hydrogen) atoms. The number of carbonyl (C=O) groups excluding carboxylic acids is 1. The third-order valence-corrected chi connectivity index (χ3v) is 7.07. The van der Waals surface area contributed by atoms with Gasteiger partial charge in [0, 0.05) is 32.2 Å². The molecule has 1 N–H and O–H groups in total. The molecule has 0 radical (unpaired) electrons. The van der Waals surface area contributed by atoms with E-state index in [0.717, 1.165) is 27.0 Å². The number of aryl methyl sites for hydroxylation is 1. The van der Waals surface area contributed by atoms with E-state index < -0.39 is 10.0 Å². The molecule has 8 nitrogen and oxygen atoms in total. The standard InChI is InChI=1S/C17H19N5O3S2/c1-13-18-7-8-22(13)15-10-14(5-6-19-15)11-20-16(23)12-21(2)27(24,25)17-4-3-9-26-17/h3-10H,11-12H2,1-2H3,(H,20,23). The van der Waals surface area contributed by atoms with Gasteiger partial charge in [-0.3, -0.25) is 9.36 Å². The molecule has 0 aliphatic heterocycles. The van der Waals surface area contributed by atoms with Crippen LogP contribution in [-0.2, 0) is 21.4 Å². The number of aromatic nitrogens is 3. The van der Waals surface area contributed by atoms with Gasteiger partial charge in [0.1, 0.15) is 15.9 Å². The molecular formula is C17H19N5O3S2. The summed E-state index contributed by atoms with van der Waals surface area (Å²) in [6.07, 6.45) is 5.16. The summed E-state index contributed by atoms with van der Waals surface area (Å²) < 4.78 is 27.8. The van der Waals surface area contributed by atoms with Crippen molar-refractivity contribution in [1.82, 2.24) is 24.2 Å². The smallest absolute Gasteiger partial charge is 0.252 e. The molecule has 142 valence electrons. The fraction of sp³-hybridized carbons (Fsp3) is 0.235. The minimum absolute atomic E-state index is 0.215. The summed E-state index contributed by atoms with van der Waals surface area (Å²) in [5, 5.41) is 4.42. The number of thiophene rings is 1. The number of amides is 1. The third kappa shape index (κ3) is 4.41. The summed E-state index contributed by atoms with van der Waals surface area (Å²) in [5.74, 6) is 1.13. The number of pyridine rings is 1. The van der Waals surface area contributed by atoms with Crippen LogP contribution >= 0.6 is 11.3 Å². The predicted molar refractivity (Wildman–Crippen MR) is 102 cm³/mol. The lowest BCUT2D eigenvalue weighted by atomic mass is 10.2. The number of hydrogen-bond acceptors (Lipinski definition) is 6. The van der Waals surface area contributed by atoms with E-state index in [-0.39, 0.29) is 23.2 Å². The predicted octanol–water partition coefficient (Wildman–Crippen LogP) is 1.57. The number of hydrogen-bond donors (Lipinski definition) is 1. The number of rotatable bonds is 7. The Morgan fingerprint density at radius 3 is 2.78 bits per heavy atom. The molecule has 3 heterocycles. The molecule has 0 unspecified atom stereocenters. The second kappa shape index (κ2) is 7.99. The highest BCUT2D eigenvalue weighted by molar-refractivity contribution is 7.91. The average Bonchev–Trinajstić information content (AvgIpc) is 3.32. The first kappa shape index (κ1) is 19.2. The van der Waals surface area contributed by atoms with Gasteiger partial charge in [0.05, 0.1) is 6.54 Å². The Morgan fingerprint density at radius 1 is 1.30 bits per heavy atom. The molecule has 3 aromatic heterocycles. The van der Waals surface area contributed by atoms with Crippen molar-refractivity contribution in [2.75, 3.05) is 13.6 Å². The second-order valence-corrected chi connectivity index (χ2v) is 9.06. The van der Waals surface area contributed by atoms with Crippen LogP contribution in [0.25, 0.3) is 5.82 Å². The maximum atomic E-state index is 12.4. The van der Waals surface area contributed by atoms with E-state index in [1.54, 1.807) is 29.9 Å². The lowest BCUT2D eigenvalue weighted by Gasteiger charge is -2.15. The van der Waals surface area contributed by atoms with E-state index >= 15 is 0 Å². The van der Waals surface area contributed by atoms with Crippen molar-refractivity contribution in [3.05, 3.63) is 59.6 Å². The zero-order chi connectivity index (χ0) is 19.4. The van der Waals surface area contributed by atoms with Gasteiger partial charge in [-0.15, -0.1) is 11.3 Å². The van der Waals surface area contributed by atoms with Crippen LogP contribution in [0.2, 0.25) is 0 Å². The Balaban J connectivity index is 1.60. The highest BCUT2D eigenvalue weighted by atomic mass is 32.2. The van der Waals surface area contributed by atoms with E-state index in [1.807, 2.05) is 23.8 Å². The Kier molecular flexibility index (Phi) is 5.68. The summed E-state index contributed by atoms with van der Waals surface area (Å²) in [6.45, 7) is 1.90. The summed E-state index contributed by atoms with van der Waals surface area (Å²) in [5.41, 5.74) is 0.852. The monoisotopic (exact) mass is 405 g/mol. The third-order valence-electron chi connectivity index (χ3n) is 3.90. The van der Waals surface area contributed by atoms with Crippen LogP contribution in [0.5, 0.6) is 0 Å². The first-order valence-corrected chi connectivity index (χ1v) is 10.4. The molecule has 0 spiro atoms. The molecule has 3 aromatic rings. The van der Waals surface area contributed by atoms with Crippen LogP contribution in [0, 0.1) is 6.92 Å². The van der Waals surface area contributed by atoms with E-state index in [4.69, 9.17) is 0 Å². The van der Waals surface area contributed by atoms with Crippen LogP contribution in [0.15, 0.2) is 52.4 Å². The molecule has 0 aliphatic rings. The minimum Gasteiger partial charge on any atom is -0.351 e. The molecule has 0 bridgehead atoms. The molecule has 1 amide bonds. The quantitative estimate of drug-likeness (QED) is 0.644. The number of sulfonamides is 1. The van der Waals surface area contributed by atoms with Crippen molar-refractivity contribution in [2.45, 2.75) is 17.7 Å². The molecule has 0 atom stereocenters. The SMILES string of the molecule is Cc1nccn1-c1cc(CNC(=O)CN(C)S(=O)(=O)c2cccs2)ccn1. The first-order chi connectivity index (χ1) is 12.9. The topological polar surface area (TPSA) is 97.2 Å². The van der Waals surface area contributed by atoms with Gasteiger partial charge in [0.2, 0.25) is 5.91 Å². The van der Waals surface area contributed by atoms with Gasteiger partial charge in [-0.2, -0.15) is 4.31 Å². The lowest BCUT2D eigenvalue weighted by molar-refractivity contribution is -0.121. The van der Waals surface area contributed by atoms with Gasteiger partial charge in [0.15, 0.2) is 0 Å². The minimum atomic E-state index is -3.64. The van der Waals surface area contributed by atoms with Crippen molar-refractivity contribution >= 4 is 27.3 Å². The van der Waals surface area contributed by atoms with Crippen LogP contribution < -0.4 is 5.32 Å². The number of likely N-dealkylation sites (N-methyl/N-ethyl adjacent to an activating group) is 1. The van der Waals surface area contributed by atoms with Crippen molar-refractivity contribution < 1.29 is 13.2 Å². The van der Waals surface area contributed by atoms with Crippen molar-refractivity contribution in [1.29, 1.82) is 0 Å². The highest BCUT2D eigenvalue weighted by Gasteiger charge is 2.23. The molecule has 3 rings (SSSR count). The molecule has 10 heteroatoms. The molecule has 0 fully saturated rings. The van der Waals surface area contributed by atoms with Crippen LogP contribution in [0.1, 0.15) is 11.4 Å². The van der Waals surface area contributed by atoms with Crippen LogP contribution in [0.3, 0.4) is 0 Å². The largest absolute Gasteiger partial charge is 0.351 e. The van der Waals surface area contributed by atoms with Gasteiger partial charge >= 0.3 is 0 Å². The summed E-state index contributed by atoms with van der Waals surface area (Å²) in [4.78, 5) is 20.6. The maximum absolute atomic E-state index is 12.4. The van der Waals surface area contributed by atoms with E-state index in [9.17, 15) is 13.2 Å². The molecule has 0 aromatic carbocycles. The summed E-state index contributed by atoms with van der Waals surface area (Å²) in [6, 6.07) is 6.82. The zero-order valence-electron chi connectivity index (χ0n) is 14.9. The van der Waals surface area contributed by atoms with Crippen molar-refractivity contribution in [3.63, 3.8) is 0 Å². The van der Waals surface area contributed by atoms with E-state index in [0.29, 0.717) is 5.82 Å². The Labute approximate surface area is 161 Å². The van der Waals surface area contributed by atoms with Crippen molar-refractivity contribution in [3.8, 4) is 5.82 Å². The number of nitrogens with zero attached hydrogens (tertiary/aromatic N) is 4. The average molecular weight is 406 g/mol. The highest BCUT2D eigenvalue weighted by Crippen LogP contribution is 2.19. The molecule has 0 aliphatic carbocycles. The van der Waals surface area contributed by atoms with Crippen molar-refractivity contribution in [2.24, 2.45) is 0 Å². The molecule has 0 saturated carbocycles. The van der Waals surface area contributed by atoms with Gasteiger partial charge < -0.3 is 5.32 Å². The fourth-order valence-corrected chi connectivity index (χ4v) is 4.76. The zero-order valence-corrected chi connectivity index (χ0v) is 16.5. The first-order valence-electron chi connectivity index (χ1n) is 8.10. The Bertz CT molecular complexity index is 1030. The Hall–Kier alpha value is -2.56. The number of imidazole rings is 1. The summed E-state index contributed by atoms with van der Waals surface area (Å²) in [7, 11) is -2.25. The maximum Gasteiger partial charge on any atom is 0.252 e. The van der Waals surface area contributed by atoms with E-state index in [2.05, 4.69) is 15.3 Å². The number of carbonyl (C=O) groups is 1.